The minimum absolute atomic E-state index is 0.120. The van der Waals surface area contributed by atoms with Crippen LogP contribution in [0.2, 0.25) is 0 Å². The van der Waals surface area contributed by atoms with Crippen molar-refractivity contribution in [2.24, 2.45) is 0 Å². The minimum Gasteiger partial charge on any atom is -0.212 e. The fourth-order valence-corrected chi connectivity index (χ4v) is 4.31. The molecule has 0 aromatic rings. The largest absolute Gasteiger partial charge is 0.217 e. The molecule has 0 aromatic carbocycles. The van der Waals surface area contributed by atoms with Crippen LogP contribution in [0.5, 0.6) is 0 Å². The molecule has 0 atom stereocenters. The van der Waals surface area contributed by atoms with Gasteiger partial charge in [-0.05, 0) is 25.7 Å². The normalized spacial score (nSPS) is 17.7. The highest BCUT2D eigenvalue weighted by atomic mass is 35.5. The average Bonchev–Trinajstić information content (AvgIpc) is 3.01. The van der Waals surface area contributed by atoms with Crippen LogP contribution in [0.1, 0.15) is 39.5 Å². The molecule has 0 unspecified atom stereocenters. The Morgan fingerprint density at radius 3 is 2.20 bits per heavy atom. The van der Waals surface area contributed by atoms with E-state index >= 15 is 0 Å². The Kier molecular flexibility index (Phi) is 4.87. The molecule has 0 radical (unpaired) electrons. The third-order valence-electron chi connectivity index (χ3n) is 2.93. The van der Waals surface area contributed by atoms with E-state index in [2.05, 4.69) is 0 Å². The number of rotatable bonds is 7. The summed E-state index contributed by atoms with van der Waals surface area (Å²) < 4.78 is 25.8. The number of hydrogen-bond acceptors (Lipinski definition) is 2. The first-order valence-corrected chi connectivity index (χ1v) is 7.68. The standard InChI is InChI=1S/C10H20ClNO2S/c1-3-9(4-2)12(8-7-11)15(13,14)10-5-6-10/h9-10H,3-8H2,1-2H3. The van der Waals surface area contributed by atoms with E-state index in [1.165, 1.54) is 0 Å². The van der Waals surface area contributed by atoms with E-state index in [-0.39, 0.29) is 11.3 Å². The molecule has 0 spiro atoms. The summed E-state index contributed by atoms with van der Waals surface area (Å²) in [5.41, 5.74) is 0. The monoisotopic (exact) mass is 253 g/mol. The molecule has 1 fully saturated rings. The molecule has 0 saturated heterocycles. The molecule has 90 valence electrons. The maximum absolute atomic E-state index is 12.1. The zero-order chi connectivity index (χ0) is 11.5. The fourth-order valence-electron chi connectivity index (χ4n) is 1.85. The third-order valence-corrected chi connectivity index (χ3v) is 5.54. The number of nitrogens with zero attached hydrogens (tertiary/aromatic N) is 1. The fraction of sp³-hybridized carbons (Fsp3) is 1.00. The number of sulfonamides is 1. The molecule has 1 rings (SSSR count). The van der Waals surface area contributed by atoms with Gasteiger partial charge in [-0.15, -0.1) is 11.6 Å². The van der Waals surface area contributed by atoms with Crippen LogP contribution in [0.3, 0.4) is 0 Å². The van der Waals surface area contributed by atoms with Crippen LogP contribution in [0.25, 0.3) is 0 Å². The van der Waals surface area contributed by atoms with Gasteiger partial charge in [0.25, 0.3) is 0 Å². The van der Waals surface area contributed by atoms with Gasteiger partial charge in [-0.25, -0.2) is 8.42 Å². The first-order chi connectivity index (χ1) is 7.07. The molecular weight excluding hydrogens is 234 g/mol. The second-order valence-electron chi connectivity index (χ2n) is 4.01. The molecule has 0 N–H and O–H groups in total. The smallest absolute Gasteiger partial charge is 0.212 e. The number of alkyl halides is 1. The highest BCUT2D eigenvalue weighted by molar-refractivity contribution is 7.90. The van der Waals surface area contributed by atoms with Gasteiger partial charge in [0.1, 0.15) is 0 Å². The van der Waals surface area contributed by atoms with E-state index in [9.17, 15) is 8.42 Å². The zero-order valence-electron chi connectivity index (χ0n) is 9.45. The Morgan fingerprint density at radius 1 is 1.33 bits per heavy atom. The Morgan fingerprint density at radius 2 is 1.87 bits per heavy atom. The predicted octanol–water partition coefficient (Wildman–Crippen LogP) is 2.21. The van der Waals surface area contributed by atoms with Crippen molar-refractivity contribution in [1.29, 1.82) is 0 Å². The van der Waals surface area contributed by atoms with E-state index in [4.69, 9.17) is 11.6 Å². The summed E-state index contributed by atoms with van der Waals surface area (Å²) in [7, 11) is -3.06. The lowest BCUT2D eigenvalue weighted by molar-refractivity contribution is 0.316. The molecule has 1 saturated carbocycles. The van der Waals surface area contributed by atoms with E-state index < -0.39 is 10.0 Å². The molecule has 0 bridgehead atoms. The molecule has 5 heteroatoms. The molecule has 3 nitrogen and oxygen atoms in total. The van der Waals surface area contributed by atoms with Gasteiger partial charge in [0.15, 0.2) is 0 Å². The van der Waals surface area contributed by atoms with Crippen LogP contribution in [0, 0.1) is 0 Å². The van der Waals surface area contributed by atoms with Crippen LogP contribution < -0.4 is 0 Å². The van der Waals surface area contributed by atoms with Crippen molar-refractivity contribution in [3.63, 3.8) is 0 Å². The van der Waals surface area contributed by atoms with Crippen molar-refractivity contribution in [3.8, 4) is 0 Å². The van der Waals surface area contributed by atoms with Crippen LogP contribution in [-0.2, 0) is 10.0 Å². The summed E-state index contributed by atoms with van der Waals surface area (Å²) in [6, 6.07) is 0.120. The van der Waals surface area contributed by atoms with E-state index in [1.54, 1.807) is 4.31 Å². The van der Waals surface area contributed by atoms with Gasteiger partial charge in [-0.1, -0.05) is 13.8 Å². The number of halogens is 1. The van der Waals surface area contributed by atoms with Crippen molar-refractivity contribution in [1.82, 2.24) is 4.31 Å². The molecule has 0 heterocycles. The van der Waals surface area contributed by atoms with Gasteiger partial charge < -0.3 is 0 Å². The summed E-state index contributed by atoms with van der Waals surface area (Å²) in [4.78, 5) is 0. The third kappa shape index (κ3) is 3.08. The molecule has 1 aliphatic carbocycles. The van der Waals surface area contributed by atoms with E-state index in [1.807, 2.05) is 13.8 Å². The zero-order valence-corrected chi connectivity index (χ0v) is 11.0. The van der Waals surface area contributed by atoms with Crippen LogP contribution in [0.15, 0.2) is 0 Å². The lowest BCUT2D eigenvalue weighted by atomic mass is 10.2. The first-order valence-electron chi connectivity index (χ1n) is 5.64. The summed E-state index contributed by atoms with van der Waals surface area (Å²) in [5.74, 6) is 0.377. The number of hydrogen-bond donors (Lipinski definition) is 0. The summed E-state index contributed by atoms with van der Waals surface area (Å²) in [6.07, 6.45) is 3.36. The Hall–Kier alpha value is 0.200. The van der Waals surface area contributed by atoms with Crippen molar-refractivity contribution in [2.45, 2.75) is 50.8 Å². The molecule has 0 aliphatic heterocycles. The molecule has 0 amide bonds. The maximum Gasteiger partial charge on any atom is 0.217 e. The molecule has 1 aliphatic rings. The van der Waals surface area contributed by atoms with Gasteiger partial charge in [0.2, 0.25) is 10.0 Å². The molecule has 0 aromatic heterocycles. The van der Waals surface area contributed by atoms with Crippen molar-refractivity contribution >= 4 is 21.6 Å². The Bertz CT molecular complexity index is 284. The van der Waals surface area contributed by atoms with Crippen LogP contribution >= 0.6 is 11.6 Å². The van der Waals surface area contributed by atoms with Crippen LogP contribution in [0.4, 0.5) is 0 Å². The first kappa shape index (κ1) is 13.3. The van der Waals surface area contributed by atoms with Gasteiger partial charge in [-0.2, -0.15) is 4.31 Å². The highest BCUT2D eigenvalue weighted by Crippen LogP contribution is 2.32. The van der Waals surface area contributed by atoms with Crippen molar-refractivity contribution in [3.05, 3.63) is 0 Å². The predicted molar refractivity (Wildman–Crippen MR) is 63.7 cm³/mol. The quantitative estimate of drug-likeness (QED) is 0.653. The average molecular weight is 254 g/mol. The lowest BCUT2D eigenvalue weighted by Crippen LogP contribution is -2.42. The second kappa shape index (κ2) is 5.51. The van der Waals surface area contributed by atoms with E-state index in [0.717, 1.165) is 25.7 Å². The lowest BCUT2D eigenvalue weighted by Gasteiger charge is -2.28. The second-order valence-corrected chi connectivity index (χ2v) is 6.56. The summed E-state index contributed by atoms with van der Waals surface area (Å²) >= 11 is 5.68. The van der Waals surface area contributed by atoms with Crippen molar-refractivity contribution < 1.29 is 8.42 Å². The van der Waals surface area contributed by atoms with Crippen LogP contribution in [-0.4, -0.2) is 36.4 Å². The SMILES string of the molecule is CCC(CC)N(CCCl)S(=O)(=O)C1CC1. The topological polar surface area (TPSA) is 37.4 Å². The highest BCUT2D eigenvalue weighted by Gasteiger charge is 2.41. The van der Waals surface area contributed by atoms with Gasteiger partial charge in [-0.3, -0.25) is 0 Å². The van der Waals surface area contributed by atoms with E-state index in [0.29, 0.717) is 12.4 Å². The Balaban J connectivity index is 2.80. The van der Waals surface area contributed by atoms with Crippen molar-refractivity contribution in [2.75, 3.05) is 12.4 Å². The minimum atomic E-state index is -3.06. The van der Waals surface area contributed by atoms with Gasteiger partial charge >= 0.3 is 0 Å². The van der Waals surface area contributed by atoms with Gasteiger partial charge in [0, 0.05) is 18.5 Å². The Labute approximate surface area is 97.8 Å². The molecular formula is C10H20ClNO2S. The summed E-state index contributed by atoms with van der Waals surface area (Å²) in [5, 5.41) is -0.124. The van der Waals surface area contributed by atoms with Gasteiger partial charge in [0.05, 0.1) is 5.25 Å². The maximum atomic E-state index is 12.1. The molecule has 15 heavy (non-hydrogen) atoms. The summed E-state index contributed by atoms with van der Waals surface area (Å²) in [6.45, 7) is 4.50.